The molecule has 0 fully saturated rings. The van der Waals surface area contributed by atoms with Crippen LogP contribution in [0.2, 0.25) is 0 Å². The molecule has 0 unspecified atom stereocenters. The standard InChI is InChI=1S/C16H15ClFNO4S/c1-2-23-14-7-5-13(6-8-14)19(11-16(17)20)24(21,22)15-9-3-12(18)4-10-15/h3-10H,2,11H2,1H3. The molecule has 8 heteroatoms. The number of benzene rings is 2. The van der Waals surface area contributed by atoms with E-state index in [4.69, 9.17) is 16.3 Å². The maximum absolute atomic E-state index is 13.0. The molecule has 0 amide bonds. The molecule has 0 atom stereocenters. The molecule has 0 spiro atoms. The number of carbonyl (C=O) groups is 1. The van der Waals surface area contributed by atoms with Crippen molar-refractivity contribution in [2.45, 2.75) is 11.8 Å². The van der Waals surface area contributed by atoms with Gasteiger partial charge < -0.3 is 4.74 Å². The van der Waals surface area contributed by atoms with Gasteiger partial charge in [0.15, 0.2) is 0 Å². The number of halogens is 2. The molecule has 0 saturated carbocycles. The molecular formula is C16H15ClFNO4S. The van der Waals surface area contributed by atoms with Crippen LogP contribution >= 0.6 is 11.6 Å². The molecule has 0 heterocycles. The van der Waals surface area contributed by atoms with E-state index in [2.05, 4.69) is 0 Å². The summed E-state index contributed by atoms with van der Waals surface area (Å²) >= 11 is 5.39. The predicted molar refractivity (Wildman–Crippen MR) is 89.4 cm³/mol. The summed E-state index contributed by atoms with van der Waals surface area (Å²) in [6.07, 6.45) is 0. The fourth-order valence-corrected chi connectivity index (χ4v) is 3.65. The van der Waals surface area contributed by atoms with Gasteiger partial charge >= 0.3 is 0 Å². The first-order chi connectivity index (χ1) is 11.3. The van der Waals surface area contributed by atoms with E-state index < -0.39 is 27.6 Å². The van der Waals surface area contributed by atoms with E-state index in [9.17, 15) is 17.6 Å². The maximum Gasteiger partial charge on any atom is 0.264 e. The Balaban J connectivity index is 2.43. The highest BCUT2D eigenvalue weighted by molar-refractivity contribution is 7.92. The van der Waals surface area contributed by atoms with Gasteiger partial charge in [-0.25, -0.2) is 12.8 Å². The van der Waals surface area contributed by atoms with Gasteiger partial charge in [0, 0.05) is 0 Å². The molecule has 0 saturated heterocycles. The van der Waals surface area contributed by atoms with Crippen LogP contribution in [0.25, 0.3) is 0 Å². The average molecular weight is 372 g/mol. The summed E-state index contributed by atoms with van der Waals surface area (Å²) in [5, 5.41) is -0.838. The third kappa shape index (κ3) is 4.24. The zero-order valence-corrected chi connectivity index (χ0v) is 14.3. The van der Waals surface area contributed by atoms with Crippen LogP contribution in [0.3, 0.4) is 0 Å². The molecule has 0 aliphatic rings. The maximum atomic E-state index is 13.0. The highest BCUT2D eigenvalue weighted by Crippen LogP contribution is 2.26. The molecular weight excluding hydrogens is 357 g/mol. The van der Waals surface area contributed by atoms with E-state index in [1.165, 1.54) is 12.1 Å². The molecule has 0 radical (unpaired) electrons. The number of hydrogen-bond donors (Lipinski definition) is 0. The smallest absolute Gasteiger partial charge is 0.264 e. The van der Waals surface area contributed by atoms with Crippen LogP contribution in [0.4, 0.5) is 10.1 Å². The van der Waals surface area contributed by atoms with Gasteiger partial charge in [-0.05, 0) is 67.1 Å². The molecule has 0 N–H and O–H groups in total. The van der Waals surface area contributed by atoms with Crippen molar-refractivity contribution in [1.29, 1.82) is 0 Å². The first-order valence-electron chi connectivity index (χ1n) is 7.04. The van der Waals surface area contributed by atoms with Crippen molar-refractivity contribution in [3.8, 4) is 5.75 Å². The van der Waals surface area contributed by atoms with Crippen molar-refractivity contribution in [2.24, 2.45) is 0 Å². The Bertz CT molecular complexity index is 807. The number of ether oxygens (including phenoxy) is 1. The molecule has 2 aromatic rings. The van der Waals surface area contributed by atoms with Crippen molar-refractivity contribution in [3.05, 3.63) is 54.3 Å². The quantitative estimate of drug-likeness (QED) is 0.701. The van der Waals surface area contributed by atoms with Crippen molar-refractivity contribution in [3.63, 3.8) is 0 Å². The Hall–Kier alpha value is -2.12. The Labute approximate surface area is 144 Å². The Morgan fingerprint density at radius 3 is 2.21 bits per heavy atom. The summed E-state index contributed by atoms with van der Waals surface area (Å²) < 4.78 is 44.7. The molecule has 0 bridgehead atoms. The summed E-state index contributed by atoms with van der Waals surface area (Å²) in [5.74, 6) is 0.00701. The second-order valence-corrected chi connectivity index (χ2v) is 7.03. The number of rotatable bonds is 7. The van der Waals surface area contributed by atoms with Crippen molar-refractivity contribution >= 4 is 32.6 Å². The summed E-state index contributed by atoms with van der Waals surface area (Å²) in [6, 6.07) is 10.5. The first kappa shape index (κ1) is 18.2. The normalized spacial score (nSPS) is 11.1. The molecule has 128 valence electrons. The molecule has 0 aromatic heterocycles. The lowest BCUT2D eigenvalue weighted by molar-refractivity contribution is -0.110. The summed E-state index contributed by atoms with van der Waals surface area (Å²) in [4.78, 5) is 11.2. The van der Waals surface area contributed by atoms with Gasteiger partial charge in [-0.15, -0.1) is 0 Å². The SMILES string of the molecule is CCOc1ccc(N(CC(=O)Cl)S(=O)(=O)c2ccc(F)cc2)cc1. The van der Waals surface area contributed by atoms with Crippen molar-refractivity contribution in [1.82, 2.24) is 0 Å². The second kappa shape index (κ2) is 7.63. The third-order valence-corrected chi connectivity index (χ3v) is 5.01. The zero-order chi connectivity index (χ0) is 17.7. The minimum Gasteiger partial charge on any atom is -0.494 e. The Morgan fingerprint density at radius 2 is 1.71 bits per heavy atom. The van der Waals surface area contributed by atoms with Gasteiger partial charge in [0.1, 0.15) is 18.1 Å². The largest absolute Gasteiger partial charge is 0.494 e. The molecule has 2 aromatic carbocycles. The fourth-order valence-electron chi connectivity index (χ4n) is 2.04. The molecule has 2 rings (SSSR count). The number of sulfonamides is 1. The highest BCUT2D eigenvalue weighted by Gasteiger charge is 2.26. The minimum absolute atomic E-state index is 0.143. The van der Waals surface area contributed by atoms with Gasteiger partial charge in [0.25, 0.3) is 10.0 Å². The molecule has 24 heavy (non-hydrogen) atoms. The van der Waals surface area contributed by atoms with Gasteiger partial charge in [-0.3, -0.25) is 9.10 Å². The third-order valence-electron chi connectivity index (χ3n) is 3.11. The monoisotopic (exact) mass is 371 g/mol. The zero-order valence-electron chi connectivity index (χ0n) is 12.8. The lowest BCUT2D eigenvalue weighted by atomic mass is 10.3. The van der Waals surface area contributed by atoms with E-state index in [0.29, 0.717) is 12.4 Å². The number of hydrogen-bond acceptors (Lipinski definition) is 4. The number of anilines is 1. The van der Waals surface area contributed by atoms with E-state index in [0.717, 1.165) is 28.6 Å². The van der Waals surface area contributed by atoms with E-state index in [-0.39, 0.29) is 10.6 Å². The van der Waals surface area contributed by atoms with Gasteiger partial charge in [-0.2, -0.15) is 0 Å². The van der Waals surface area contributed by atoms with Crippen LogP contribution in [0, 0.1) is 5.82 Å². The summed E-state index contributed by atoms with van der Waals surface area (Å²) in [5.41, 5.74) is 0.247. The van der Waals surface area contributed by atoms with Crippen LogP contribution in [0.5, 0.6) is 5.75 Å². The van der Waals surface area contributed by atoms with Crippen molar-refractivity contribution in [2.75, 3.05) is 17.5 Å². The number of nitrogens with zero attached hydrogens (tertiary/aromatic N) is 1. The van der Waals surface area contributed by atoms with Crippen LogP contribution in [0.15, 0.2) is 53.4 Å². The predicted octanol–water partition coefficient (Wildman–Crippen LogP) is 3.19. The first-order valence-corrected chi connectivity index (χ1v) is 8.86. The van der Waals surface area contributed by atoms with Crippen LogP contribution in [-0.2, 0) is 14.8 Å². The van der Waals surface area contributed by atoms with Gasteiger partial charge in [0.05, 0.1) is 17.2 Å². The average Bonchev–Trinajstić information content (AvgIpc) is 2.54. The minimum atomic E-state index is -4.07. The van der Waals surface area contributed by atoms with E-state index >= 15 is 0 Å². The highest BCUT2D eigenvalue weighted by atomic mass is 35.5. The topological polar surface area (TPSA) is 63.7 Å². The van der Waals surface area contributed by atoms with Crippen LogP contribution in [0.1, 0.15) is 6.92 Å². The van der Waals surface area contributed by atoms with Crippen LogP contribution < -0.4 is 9.04 Å². The van der Waals surface area contributed by atoms with Gasteiger partial charge in [-0.1, -0.05) is 0 Å². The fraction of sp³-hybridized carbons (Fsp3) is 0.188. The Kier molecular flexibility index (Phi) is 5.80. The molecule has 0 aliphatic heterocycles. The second-order valence-electron chi connectivity index (χ2n) is 4.75. The summed E-state index contributed by atoms with van der Waals surface area (Å²) in [7, 11) is -4.07. The van der Waals surface area contributed by atoms with Crippen molar-refractivity contribution < 1.29 is 22.3 Å². The number of carbonyl (C=O) groups excluding carboxylic acids is 1. The van der Waals surface area contributed by atoms with E-state index in [1.54, 1.807) is 12.1 Å². The molecule has 0 aliphatic carbocycles. The van der Waals surface area contributed by atoms with Crippen LogP contribution in [-0.4, -0.2) is 26.8 Å². The lowest BCUT2D eigenvalue weighted by Crippen LogP contribution is -2.34. The van der Waals surface area contributed by atoms with Gasteiger partial charge in [0.2, 0.25) is 5.24 Å². The Morgan fingerprint density at radius 1 is 1.12 bits per heavy atom. The molecule has 5 nitrogen and oxygen atoms in total. The lowest BCUT2D eigenvalue weighted by Gasteiger charge is -2.23. The van der Waals surface area contributed by atoms with E-state index in [1.807, 2.05) is 6.92 Å². The summed E-state index contributed by atoms with van der Waals surface area (Å²) in [6.45, 7) is 1.75.